The summed E-state index contributed by atoms with van der Waals surface area (Å²) in [6.45, 7) is 2.62. The van der Waals surface area contributed by atoms with Crippen molar-refractivity contribution in [1.29, 1.82) is 5.26 Å². The molecule has 1 heterocycles. The number of hydroxylamine groups is 1. The summed E-state index contributed by atoms with van der Waals surface area (Å²) >= 11 is 0. The van der Waals surface area contributed by atoms with Crippen LogP contribution in [0.4, 0.5) is 5.69 Å². The average Bonchev–Trinajstić information content (AvgIpc) is 2.76. The first kappa shape index (κ1) is 23.1. The Labute approximate surface area is 175 Å². The van der Waals surface area contributed by atoms with Gasteiger partial charge in [0, 0.05) is 31.2 Å². The number of aliphatic imine (C=N–C) groups is 1. The van der Waals surface area contributed by atoms with Gasteiger partial charge in [0.25, 0.3) is 0 Å². The van der Waals surface area contributed by atoms with E-state index in [4.69, 9.17) is 10.1 Å². The molecule has 29 heavy (non-hydrogen) atoms. The molecule has 0 amide bonds. The summed E-state index contributed by atoms with van der Waals surface area (Å²) in [6.07, 6.45) is 19.1. The van der Waals surface area contributed by atoms with E-state index in [0.29, 0.717) is 5.96 Å². The Bertz CT molecular complexity index is 595. The molecule has 0 aliphatic heterocycles. The van der Waals surface area contributed by atoms with E-state index in [1.807, 2.05) is 18.3 Å². The van der Waals surface area contributed by atoms with E-state index in [1.165, 1.54) is 57.8 Å². The third kappa shape index (κ3) is 11.4. The molecule has 7 heteroatoms. The molecule has 7 nitrogen and oxygen atoms in total. The highest BCUT2D eigenvalue weighted by molar-refractivity contribution is 5.94. The summed E-state index contributed by atoms with van der Waals surface area (Å²) in [5.74, 6) is 1.25. The van der Waals surface area contributed by atoms with E-state index in [9.17, 15) is 0 Å². The Morgan fingerprint density at radius 3 is 2.45 bits per heavy atom. The van der Waals surface area contributed by atoms with Gasteiger partial charge in [-0.3, -0.25) is 4.98 Å². The summed E-state index contributed by atoms with van der Waals surface area (Å²) < 4.78 is 0. The molecule has 1 aromatic heterocycles. The Balaban J connectivity index is 1.38. The maximum atomic E-state index is 8.81. The van der Waals surface area contributed by atoms with Crippen molar-refractivity contribution >= 4 is 11.6 Å². The highest BCUT2D eigenvalue weighted by Gasteiger charge is 2.13. The van der Waals surface area contributed by atoms with E-state index >= 15 is 0 Å². The Morgan fingerprint density at radius 1 is 1.03 bits per heavy atom. The van der Waals surface area contributed by atoms with Gasteiger partial charge in [0.05, 0.1) is 6.61 Å². The number of rotatable bonds is 13. The molecule has 0 unspecified atom stereocenters. The summed E-state index contributed by atoms with van der Waals surface area (Å²) in [7, 11) is 0. The Kier molecular flexibility index (Phi) is 12.5. The fourth-order valence-corrected chi connectivity index (χ4v) is 3.57. The van der Waals surface area contributed by atoms with Gasteiger partial charge in [-0.15, -0.1) is 4.99 Å². The molecule has 1 fully saturated rings. The summed E-state index contributed by atoms with van der Waals surface area (Å²) in [6, 6.07) is 3.68. The van der Waals surface area contributed by atoms with Crippen molar-refractivity contribution in [3.05, 3.63) is 24.5 Å². The number of guanidine groups is 1. The first-order chi connectivity index (χ1) is 14.4. The predicted octanol–water partition coefficient (Wildman–Crippen LogP) is 4.36. The van der Waals surface area contributed by atoms with E-state index in [1.54, 1.807) is 12.4 Å². The van der Waals surface area contributed by atoms with Gasteiger partial charge < -0.3 is 15.5 Å². The number of unbranched alkanes of at least 4 members (excludes halogenated alkanes) is 5. The molecular formula is C22H36N6O. The first-order valence-corrected chi connectivity index (χ1v) is 11.1. The largest absolute Gasteiger partial charge is 0.355 e. The zero-order chi connectivity index (χ0) is 20.4. The lowest BCUT2D eigenvalue weighted by Crippen LogP contribution is -2.31. The number of hydrogen-bond donors (Lipinski definition) is 3. The molecule has 1 saturated carbocycles. The molecule has 0 spiro atoms. The molecule has 1 aliphatic carbocycles. The summed E-state index contributed by atoms with van der Waals surface area (Å²) in [5.41, 5.74) is 3.99. The summed E-state index contributed by atoms with van der Waals surface area (Å²) in [5, 5.41) is 15.1. The normalized spacial score (nSPS) is 15.1. The standard InChI is InChI=1S/C22H36N6O/c23-19-26-22(28-21-12-16-24-17-13-21)25-14-8-3-1-2-4-9-15-27-29-18-20-10-6-5-7-11-20/h12-13,16-17,20,27H,1-11,14-15,18H2,(H2,24,25,26,28). The van der Waals surface area contributed by atoms with Crippen LogP contribution in [0.3, 0.4) is 0 Å². The molecule has 2 rings (SSSR count). The zero-order valence-electron chi connectivity index (χ0n) is 17.5. The Hall–Kier alpha value is -2.17. The van der Waals surface area contributed by atoms with Crippen LogP contribution in [0, 0.1) is 17.4 Å². The second-order valence-corrected chi connectivity index (χ2v) is 7.68. The van der Waals surface area contributed by atoms with Gasteiger partial charge in [0.15, 0.2) is 0 Å². The van der Waals surface area contributed by atoms with Gasteiger partial charge in [-0.05, 0) is 43.7 Å². The minimum atomic E-state index is 0.484. The van der Waals surface area contributed by atoms with E-state index < -0.39 is 0 Å². The fourth-order valence-electron chi connectivity index (χ4n) is 3.57. The van der Waals surface area contributed by atoms with Crippen molar-refractivity contribution in [2.24, 2.45) is 10.9 Å². The zero-order valence-corrected chi connectivity index (χ0v) is 17.5. The molecule has 0 radical (unpaired) electrons. The van der Waals surface area contributed by atoms with E-state index in [0.717, 1.165) is 44.1 Å². The van der Waals surface area contributed by atoms with Crippen LogP contribution in [0.1, 0.15) is 70.6 Å². The van der Waals surface area contributed by atoms with Gasteiger partial charge in [-0.25, -0.2) is 5.48 Å². The molecule has 1 aliphatic rings. The lowest BCUT2D eigenvalue weighted by atomic mass is 9.90. The molecule has 3 N–H and O–H groups in total. The van der Waals surface area contributed by atoms with Crippen LogP contribution in [0.5, 0.6) is 0 Å². The molecule has 0 aromatic carbocycles. The van der Waals surface area contributed by atoms with Crippen LogP contribution in [-0.4, -0.2) is 30.6 Å². The monoisotopic (exact) mass is 400 g/mol. The van der Waals surface area contributed by atoms with Crippen molar-refractivity contribution in [3.8, 4) is 6.19 Å². The van der Waals surface area contributed by atoms with E-state index in [2.05, 4.69) is 26.1 Å². The number of nitrogens with one attached hydrogen (secondary N) is 3. The topological polar surface area (TPSA) is 94.4 Å². The molecule has 0 bridgehead atoms. The summed E-state index contributed by atoms with van der Waals surface area (Å²) in [4.78, 5) is 13.4. The second kappa shape index (κ2) is 15.7. The number of anilines is 1. The molecule has 0 saturated heterocycles. The van der Waals surface area contributed by atoms with Gasteiger partial charge in [0.1, 0.15) is 0 Å². The predicted molar refractivity (Wildman–Crippen MR) is 117 cm³/mol. The minimum absolute atomic E-state index is 0.484. The first-order valence-electron chi connectivity index (χ1n) is 11.1. The van der Waals surface area contributed by atoms with Crippen molar-refractivity contribution in [1.82, 2.24) is 15.8 Å². The van der Waals surface area contributed by atoms with Crippen LogP contribution in [0.25, 0.3) is 0 Å². The van der Waals surface area contributed by atoms with Crippen LogP contribution < -0.4 is 16.1 Å². The van der Waals surface area contributed by atoms with Crippen molar-refractivity contribution in [2.75, 3.05) is 25.0 Å². The van der Waals surface area contributed by atoms with Crippen LogP contribution in [0.15, 0.2) is 29.5 Å². The highest BCUT2D eigenvalue weighted by Crippen LogP contribution is 2.23. The number of aromatic nitrogens is 1. The van der Waals surface area contributed by atoms with Crippen LogP contribution in [0.2, 0.25) is 0 Å². The second-order valence-electron chi connectivity index (χ2n) is 7.68. The molecule has 160 valence electrons. The third-order valence-electron chi connectivity index (χ3n) is 5.25. The number of nitriles is 1. The smallest absolute Gasteiger partial charge is 0.211 e. The van der Waals surface area contributed by atoms with Crippen LogP contribution >= 0.6 is 0 Å². The number of pyridine rings is 1. The fraction of sp³-hybridized carbons (Fsp3) is 0.682. The maximum absolute atomic E-state index is 8.81. The lowest BCUT2D eigenvalue weighted by molar-refractivity contribution is 0.00861. The van der Waals surface area contributed by atoms with Crippen molar-refractivity contribution < 1.29 is 4.84 Å². The molecule has 1 aromatic rings. The van der Waals surface area contributed by atoms with Crippen molar-refractivity contribution in [3.63, 3.8) is 0 Å². The molecular weight excluding hydrogens is 364 g/mol. The van der Waals surface area contributed by atoms with Crippen molar-refractivity contribution in [2.45, 2.75) is 70.6 Å². The van der Waals surface area contributed by atoms with Gasteiger partial charge in [0.2, 0.25) is 12.2 Å². The van der Waals surface area contributed by atoms with Gasteiger partial charge in [-0.2, -0.15) is 5.26 Å². The quantitative estimate of drug-likeness (QED) is 0.150. The third-order valence-corrected chi connectivity index (χ3v) is 5.25. The van der Waals surface area contributed by atoms with E-state index in [-0.39, 0.29) is 0 Å². The number of nitrogens with zero attached hydrogens (tertiary/aromatic N) is 3. The number of hydrogen-bond acceptors (Lipinski definition) is 5. The molecule has 0 atom stereocenters. The highest BCUT2D eigenvalue weighted by atomic mass is 16.6. The van der Waals surface area contributed by atoms with Crippen LogP contribution in [-0.2, 0) is 4.84 Å². The van der Waals surface area contributed by atoms with Gasteiger partial charge >= 0.3 is 0 Å². The van der Waals surface area contributed by atoms with Gasteiger partial charge in [-0.1, -0.05) is 44.9 Å². The SMILES string of the molecule is N#CN=C(NCCCCCCCCNOCC1CCCCC1)Nc1ccncc1. The Morgan fingerprint density at radius 2 is 1.72 bits per heavy atom. The minimum Gasteiger partial charge on any atom is -0.355 e. The maximum Gasteiger partial charge on any atom is 0.211 e. The average molecular weight is 401 g/mol. The lowest BCUT2D eigenvalue weighted by Gasteiger charge is -2.21.